The van der Waals surface area contributed by atoms with Crippen LogP contribution >= 0.6 is 11.8 Å². The molecule has 2 rings (SSSR count). The highest BCUT2D eigenvalue weighted by molar-refractivity contribution is 7.99. The predicted octanol–water partition coefficient (Wildman–Crippen LogP) is 3.85. The number of allylic oxidation sites excluding steroid dienone is 2. The van der Waals surface area contributed by atoms with E-state index < -0.39 is 22.8 Å². The Labute approximate surface area is 179 Å². The van der Waals surface area contributed by atoms with Crippen LogP contribution in [0.15, 0.2) is 46.8 Å². The monoisotopic (exact) mass is 434 g/mol. The molecule has 162 valence electrons. The van der Waals surface area contributed by atoms with Crippen LogP contribution in [-0.2, 0) is 14.3 Å². The number of dihydropyridines is 1. The summed E-state index contributed by atoms with van der Waals surface area (Å²) in [5, 5.41) is 24.4. The molecule has 0 fully saturated rings. The molecular weight excluding hydrogens is 408 g/mol. The zero-order valence-electron chi connectivity index (χ0n) is 17.6. The van der Waals surface area contributed by atoms with E-state index in [1.807, 2.05) is 20.1 Å². The van der Waals surface area contributed by atoms with Crippen molar-refractivity contribution in [3.63, 3.8) is 0 Å². The fourth-order valence-electron chi connectivity index (χ4n) is 3.53. The number of ether oxygens (including phenoxy) is 1. The van der Waals surface area contributed by atoms with Gasteiger partial charge in [0, 0.05) is 28.3 Å². The van der Waals surface area contributed by atoms with Crippen LogP contribution in [0.5, 0.6) is 0 Å². The van der Waals surface area contributed by atoms with Crippen LogP contribution in [0, 0.1) is 16.0 Å². The number of carbonyl (C=O) groups is 2. The van der Waals surface area contributed by atoms with Crippen LogP contribution < -0.4 is 5.32 Å². The fraction of sp³-hybridized carbons (Fsp3) is 0.429. The number of rotatable bonds is 8. The lowest BCUT2D eigenvalue weighted by molar-refractivity contribution is -0.385. The number of nitrogens with one attached hydrogen (secondary N) is 1. The molecule has 0 bridgehead atoms. The van der Waals surface area contributed by atoms with E-state index in [1.165, 1.54) is 18.2 Å². The quantitative estimate of drug-likeness (QED) is 0.360. The standard InChI is InChI=1S/C21H26N2O6S/c1-11(2)16(30-5)10-29-21(26)18-13(4)22-12(3)17(20(24)25)19(18)14-8-6-7-9-15(14)23(27)28/h6-9,11,16,19,22H,10H2,1-5H3,(H,24,25). The van der Waals surface area contributed by atoms with Crippen LogP contribution in [-0.4, -0.2) is 40.1 Å². The molecule has 1 aliphatic heterocycles. The summed E-state index contributed by atoms with van der Waals surface area (Å²) in [7, 11) is 0. The Morgan fingerprint density at radius 3 is 2.37 bits per heavy atom. The van der Waals surface area contributed by atoms with Crippen LogP contribution in [0.3, 0.4) is 0 Å². The average Bonchev–Trinajstić information content (AvgIpc) is 2.66. The zero-order chi connectivity index (χ0) is 22.6. The van der Waals surface area contributed by atoms with Crippen LogP contribution in [0.2, 0.25) is 0 Å². The lowest BCUT2D eigenvalue weighted by Gasteiger charge is -2.30. The Morgan fingerprint density at radius 2 is 1.83 bits per heavy atom. The summed E-state index contributed by atoms with van der Waals surface area (Å²) in [6.45, 7) is 7.40. The number of esters is 1. The Balaban J connectivity index is 2.57. The molecule has 1 heterocycles. The summed E-state index contributed by atoms with van der Waals surface area (Å²) in [5.74, 6) is -2.79. The van der Waals surface area contributed by atoms with Crippen molar-refractivity contribution < 1.29 is 24.4 Å². The van der Waals surface area contributed by atoms with E-state index in [2.05, 4.69) is 5.32 Å². The summed E-state index contributed by atoms with van der Waals surface area (Å²) in [4.78, 5) is 36.2. The van der Waals surface area contributed by atoms with Gasteiger partial charge >= 0.3 is 11.9 Å². The highest BCUT2D eigenvalue weighted by Crippen LogP contribution is 2.42. The van der Waals surface area contributed by atoms with Gasteiger partial charge in [-0.1, -0.05) is 32.0 Å². The van der Waals surface area contributed by atoms with Crippen molar-refractivity contribution in [2.45, 2.75) is 38.9 Å². The molecule has 0 aromatic heterocycles. The Bertz CT molecular complexity index is 922. The second kappa shape index (κ2) is 9.80. The summed E-state index contributed by atoms with van der Waals surface area (Å²) < 4.78 is 5.54. The molecule has 8 nitrogen and oxygen atoms in total. The van der Waals surface area contributed by atoms with Gasteiger partial charge in [0.25, 0.3) is 5.69 Å². The molecule has 2 unspecified atom stereocenters. The van der Waals surface area contributed by atoms with E-state index in [9.17, 15) is 24.8 Å². The van der Waals surface area contributed by atoms with E-state index in [-0.39, 0.29) is 40.2 Å². The third kappa shape index (κ3) is 4.84. The maximum absolute atomic E-state index is 13.1. The number of thioether (sulfide) groups is 1. The second-order valence-electron chi connectivity index (χ2n) is 7.37. The van der Waals surface area contributed by atoms with Crippen molar-refractivity contribution in [1.82, 2.24) is 5.32 Å². The fourth-order valence-corrected chi connectivity index (χ4v) is 4.27. The maximum Gasteiger partial charge on any atom is 0.336 e. The second-order valence-corrected chi connectivity index (χ2v) is 8.45. The van der Waals surface area contributed by atoms with E-state index >= 15 is 0 Å². The van der Waals surface area contributed by atoms with Gasteiger partial charge in [-0.25, -0.2) is 9.59 Å². The molecule has 9 heteroatoms. The topological polar surface area (TPSA) is 119 Å². The van der Waals surface area contributed by atoms with Gasteiger partial charge in [-0.3, -0.25) is 10.1 Å². The molecule has 2 N–H and O–H groups in total. The average molecular weight is 435 g/mol. The Hall–Kier alpha value is -2.81. The number of aliphatic carboxylic acids is 1. The normalized spacial score (nSPS) is 17.6. The summed E-state index contributed by atoms with van der Waals surface area (Å²) >= 11 is 1.58. The first-order valence-corrected chi connectivity index (χ1v) is 10.7. The van der Waals surface area contributed by atoms with Crippen molar-refractivity contribution in [2.75, 3.05) is 12.9 Å². The van der Waals surface area contributed by atoms with Gasteiger partial charge in [0.2, 0.25) is 0 Å². The van der Waals surface area contributed by atoms with E-state index in [0.717, 1.165) is 0 Å². The van der Waals surface area contributed by atoms with Gasteiger partial charge in [0.1, 0.15) is 6.61 Å². The summed E-state index contributed by atoms with van der Waals surface area (Å²) in [5.41, 5.74) is 0.568. The Morgan fingerprint density at radius 1 is 1.23 bits per heavy atom. The number of carboxylic acids is 1. The molecule has 0 saturated carbocycles. The van der Waals surface area contributed by atoms with Gasteiger partial charge in [-0.05, 0) is 26.0 Å². The highest BCUT2D eigenvalue weighted by atomic mass is 32.2. The van der Waals surface area contributed by atoms with E-state index in [0.29, 0.717) is 11.4 Å². The molecule has 1 aliphatic rings. The van der Waals surface area contributed by atoms with Crippen LogP contribution in [0.4, 0.5) is 5.69 Å². The minimum Gasteiger partial charge on any atom is -0.478 e. The number of para-hydroxylation sites is 1. The molecular formula is C21H26N2O6S. The van der Waals surface area contributed by atoms with Gasteiger partial charge in [0.05, 0.1) is 22.0 Å². The van der Waals surface area contributed by atoms with Crippen molar-refractivity contribution in [1.29, 1.82) is 0 Å². The van der Waals surface area contributed by atoms with Gasteiger partial charge in [-0.2, -0.15) is 11.8 Å². The third-order valence-electron chi connectivity index (χ3n) is 5.08. The maximum atomic E-state index is 13.1. The molecule has 1 aromatic rings. The molecule has 0 radical (unpaired) electrons. The number of nitro groups is 1. The number of carbonyl (C=O) groups excluding carboxylic acids is 1. The smallest absolute Gasteiger partial charge is 0.336 e. The van der Waals surface area contributed by atoms with Crippen molar-refractivity contribution in [3.05, 3.63) is 62.5 Å². The number of hydrogen-bond donors (Lipinski definition) is 2. The van der Waals surface area contributed by atoms with Crippen molar-refractivity contribution in [3.8, 4) is 0 Å². The van der Waals surface area contributed by atoms with Crippen molar-refractivity contribution in [2.24, 2.45) is 5.92 Å². The first kappa shape index (κ1) is 23.5. The van der Waals surface area contributed by atoms with Crippen molar-refractivity contribution >= 4 is 29.4 Å². The number of nitro benzene ring substituents is 1. The Kier molecular flexibility index (Phi) is 7.66. The minimum absolute atomic E-state index is 0.0657. The lowest BCUT2D eigenvalue weighted by Crippen LogP contribution is -2.33. The molecule has 0 spiro atoms. The van der Waals surface area contributed by atoms with Gasteiger partial charge in [-0.15, -0.1) is 0 Å². The van der Waals surface area contributed by atoms with Gasteiger partial charge < -0.3 is 15.2 Å². The number of hydrogen-bond acceptors (Lipinski definition) is 7. The molecule has 30 heavy (non-hydrogen) atoms. The highest BCUT2D eigenvalue weighted by Gasteiger charge is 2.40. The number of benzene rings is 1. The zero-order valence-corrected chi connectivity index (χ0v) is 18.4. The largest absolute Gasteiger partial charge is 0.478 e. The molecule has 0 aliphatic carbocycles. The lowest BCUT2D eigenvalue weighted by atomic mass is 9.79. The SMILES string of the molecule is CSC(COC(=O)C1=C(C)NC(C)=C(C(=O)O)C1c1ccccc1[N+](=O)[O-])C(C)C. The molecule has 0 saturated heterocycles. The predicted molar refractivity (Wildman–Crippen MR) is 115 cm³/mol. The molecule has 1 aromatic carbocycles. The molecule has 2 atom stereocenters. The van der Waals surface area contributed by atoms with Gasteiger partial charge in [0.15, 0.2) is 0 Å². The first-order chi connectivity index (χ1) is 14.1. The first-order valence-electron chi connectivity index (χ1n) is 9.45. The molecule has 0 amide bonds. The van der Waals surface area contributed by atoms with Crippen LogP contribution in [0.25, 0.3) is 0 Å². The number of carboxylic acid groups (broad SMARTS) is 1. The number of nitrogens with zero attached hydrogens (tertiary/aromatic N) is 1. The third-order valence-corrected chi connectivity index (χ3v) is 6.37. The summed E-state index contributed by atoms with van der Waals surface area (Å²) in [6.07, 6.45) is 1.93. The van der Waals surface area contributed by atoms with Crippen LogP contribution in [0.1, 0.15) is 39.2 Å². The minimum atomic E-state index is -1.26. The van der Waals surface area contributed by atoms with E-state index in [1.54, 1.807) is 31.7 Å². The summed E-state index contributed by atoms with van der Waals surface area (Å²) in [6, 6.07) is 5.86. The van der Waals surface area contributed by atoms with E-state index in [4.69, 9.17) is 4.74 Å².